The van der Waals surface area contributed by atoms with Crippen LogP contribution < -0.4 is 5.32 Å². The molecule has 2 atom stereocenters. The van der Waals surface area contributed by atoms with Crippen LogP contribution in [-0.4, -0.2) is 11.1 Å². The molecule has 0 amide bonds. The van der Waals surface area contributed by atoms with Gasteiger partial charge in [0.1, 0.15) is 11.9 Å². The van der Waals surface area contributed by atoms with Crippen LogP contribution in [0.1, 0.15) is 91.8 Å². The van der Waals surface area contributed by atoms with Crippen molar-refractivity contribution in [2.75, 3.05) is 0 Å². The standard InChI is InChI=1S/C49H42N2S/c1-48(2)38-19-9-7-16-34(38)36-28-41-37(29-40(36)48)43-33(18-13-20-39(43)49(41)26-11-4-12-27-49)30-22-24-32(25-23-30)46-50-45(31-14-5-3-6-15-31)44-35-17-8-10-21-42(35)52-47(44)51-46/h3,5-10,13-20,22-25,28-29,42,45H,4,11-12,21,26-27H2,1-2H3,(H,50,51). The molecule has 5 aromatic rings. The van der Waals surface area contributed by atoms with Gasteiger partial charge in [0.05, 0.1) is 5.03 Å². The fourth-order valence-corrected chi connectivity index (χ4v) is 11.9. The summed E-state index contributed by atoms with van der Waals surface area (Å²) in [6.07, 6.45) is 14.3. The summed E-state index contributed by atoms with van der Waals surface area (Å²) in [6, 6.07) is 41.5. The summed E-state index contributed by atoms with van der Waals surface area (Å²) < 4.78 is 0. The maximum atomic E-state index is 5.44. The Bertz CT molecular complexity index is 2440. The molecule has 254 valence electrons. The lowest BCUT2D eigenvalue weighted by Gasteiger charge is -2.36. The smallest absolute Gasteiger partial charge is 0.134 e. The monoisotopic (exact) mass is 690 g/mol. The van der Waals surface area contributed by atoms with E-state index in [1.54, 1.807) is 11.1 Å². The van der Waals surface area contributed by atoms with Gasteiger partial charge in [0, 0.05) is 27.2 Å². The van der Waals surface area contributed by atoms with Gasteiger partial charge in [-0.1, -0.05) is 160 Å². The van der Waals surface area contributed by atoms with Crippen molar-refractivity contribution in [3.8, 4) is 33.4 Å². The molecular weight excluding hydrogens is 649 g/mol. The summed E-state index contributed by atoms with van der Waals surface area (Å²) in [5, 5.41) is 5.52. The van der Waals surface area contributed by atoms with E-state index in [-0.39, 0.29) is 16.9 Å². The molecule has 1 spiro atoms. The van der Waals surface area contributed by atoms with Crippen molar-refractivity contribution in [1.29, 1.82) is 0 Å². The van der Waals surface area contributed by atoms with E-state index in [0.717, 1.165) is 17.8 Å². The maximum Gasteiger partial charge on any atom is 0.134 e. The molecule has 11 rings (SSSR count). The average molecular weight is 691 g/mol. The molecule has 2 nitrogen and oxygen atoms in total. The van der Waals surface area contributed by atoms with Crippen molar-refractivity contribution in [1.82, 2.24) is 5.32 Å². The number of amidine groups is 1. The van der Waals surface area contributed by atoms with Crippen LogP contribution in [0.3, 0.4) is 0 Å². The zero-order valence-electron chi connectivity index (χ0n) is 29.9. The second-order valence-electron chi connectivity index (χ2n) is 16.1. The van der Waals surface area contributed by atoms with Crippen molar-refractivity contribution in [3.63, 3.8) is 0 Å². The number of benzene rings is 5. The summed E-state index contributed by atoms with van der Waals surface area (Å²) in [6.45, 7) is 4.83. The highest BCUT2D eigenvalue weighted by Gasteiger charge is 2.47. The number of hydrogen-bond donors (Lipinski definition) is 1. The molecule has 5 aromatic carbocycles. The molecule has 0 saturated heterocycles. The third kappa shape index (κ3) is 4.29. The van der Waals surface area contributed by atoms with Crippen LogP contribution in [0.15, 0.2) is 149 Å². The number of fused-ring (bicyclic) bond motifs is 10. The Hall–Kier alpha value is -4.86. The molecule has 6 aliphatic rings. The molecule has 4 aliphatic carbocycles. The minimum absolute atomic E-state index is 0.0138. The van der Waals surface area contributed by atoms with Gasteiger partial charge in [0.15, 0.2) is 0 Å². The number of aliphatic imine (C=N–C) groups is 1. The largest absolute Gasteiger partial charge is 0.334 e. The van der Waals surface area contributed by atoms with E-state index in [1.807, 2.05) is 11.8 Å². The van der Waals surface area contributed by atoms with E-state index in [4.69, 9.17) is 4.99 Å². The first kappa shape index (κ1) is 30.7. The van der Waals surface area contributed by atoms with E-state index < -0.39 is 0 Å². The third-order valence-electron chi connectivity index (χ3n) is 13.1. The molecule has 2 unspecified atom stereocenters. The summed E-state index contributed by atoms with van der Waals surface area (Å²) >= 11 is 1.97. The molecular formula is C49H42N2S. The van der Waals surface area contributed by atoms with E-state index in [1.165, 1.54) is 98.4 Å². The summed E-state index contributed by atoms with van der Waals surface area (Å²) in [5.74, 6) is 0.959. The van der Waals surface area contributed by atoms with Gasteiger partial charge in [-0.25, -0.2) is 0 Å². The Morgan fingerprint density at radius 3 is 2.25 bits per heavy atom. The fraction of sp³-hybridized carbons (Fsp3) is 0.245. The maximum absolute atomic E-state index is 5.44. The van der Waals surface area contributed by atoms with E-state index in [0.29, 0.717) is 5.25 Å². The highest BCUT2D eigenvalue weighted by atomic mass is 32.2. The average Bonchev–Trinajstić information content (AvgIpc) is 3.78. The van der Waals surface area contributed by atoms with E-state index >= 15 is 0 Å². The summed E-state index contributed by atoms with van der Waals surface area (Å²) in [5.41, 5.74) is 19.7. The molecule has 3 heteroatoms. The van der Waals surface area contributed by atoms with Gasteiger partial charge in [0.2, 0.25) is 0 Å². The van der Waals surface area contributed by atoms with Crippen LogP contribution in [0.2, 0.25) is 0 Å². The van der Waals surface area contributed by atoms with E-state index in [9.17, 15) is 0 Å². The number of nitrogens with zero attached hydrogens (tertiary/aromatic N) is 1. The van der Waals surface area contributed by atoms with Gasteiger partial charge in [0.25, 0.3) is 0 Å². The summed E-state index contributed by atoms with van der Waals surface area (Å²) in [4.78, 5) is 5.44. The van der Waals surface area contributed by atoms with Crippen LogP contribution in [0, 0.1) is 0 Å². The lowest BCUT2D eigenvalue weighted by molar-refractivity contribution is 0.353. The van der Waals surface area contributed by atoms with Gasteiger partial charge in [-0.2, -0.15) is 0 Å². The normalized spacial score (nSPS) is 22.4. The molecule has 0 bridgehead atoms. The Balaban J connectivity index is 1.02. The van der Waals surface area contributed by atoms with Gasteiger partial charge in [-0.15, -0.1) is 0 Å². The van der Waals surface area contributed by atoms with Crippen LogP contribution >= 0.6 is 11.8 Å². The van der Waals surface area contributed by atoms with Crippen molar-refractivity contribution in [2.45, 2.75) is 74.5 Å². The highest BCUT2D eigenvalue weighted by molar-refractivity contribution is 8.04. The minimum atomic E-state index is -0.0247. The zero-order valence-corrected chi connectivity index (χ0v) is 30.7. The van der Waals surface area contributed by atoms with Gasteiger partial charge >= 0.3 is 0 Å². The van der Waals surface area contributed by atoms with Crippen LogP contribution in [0.4, 0.5) is 0 Å². The molecule has 1 fully saturated rings. The predicted octanol–water partition coefficient (Wildman–Crippen LogP) is 12.2. The third-order valence-corrected chi connectivity index (χ3v) is 14.4. The van der Waals surface area contributed by atoms with Crippen molar-refractivity contribution in [3.05, 3.63) is 177 Å². The second-order valence-corrected chi connectivity index (χ2v) is 17.3. The van der Waals surface area contributed by atoms with Crippen LogP contribution in [0.5, 0.6) is 0 Å². The molecule has 0 aromatic heterocycles. The van der Waals surface area contributed by atoms with Crippen LogP contribution in [0.25, 0.3) is 33.4 Å². The number of thioether (sulfide) groups is 1. The van der Waals surface area contributed by atoms with Gasteiger partial charge in [-0.05, 0) is 98.2 Å². The first-order valence-corrected chi connectivity index (χ1v) is 20.1. The number of hydrogen-bond acceptors (Lipinski definition) is 3. The Morgan fingerprint density at radius 1 is 0.673 bits per heavy atom. The first-order chi connectivity index (χ1) is 25.5. The van der Waals surface area contributed by atoms with Gasteiger partial charge in [-0.3, -0.25) is 4.99 Å². The highest BCUT2D eigenvalue weighted by Crippen LogP contribution is 2.61. The van der Waals surface area contributed by atoms with Crippen molar-refractivity contribution < 1.29 is 0 Å². The second kappa shape index (κ2) is 11.3. The lowest BCUT2D eigenvalue weighted by Crippen LogP contribution is -2.28. The first-order valence-electron chi connectivity index (χ1n) is 19.2. The minimum Gasteiger partial charge on any atom is -0.334 e. The molecule has 0 radical (unpaired) electrons. The molecule has 2 heterocycles. The predicted molar refractivity (Wildman–Crippen MR) is 218 cm³/mol. The van der Waals surface area contributed by atoms with Crippen molar-refractivity contribution in [2.24, 2.45) is 4.99 Å². The quantitative estimate of drug-likeness (QED) is 0.204. The van der Waals surface area contributed by atoms with Gasteiger partial charge < -0.3 is 5.32 Å². The topological polar surface area (TPSA) is 24.4 Å². The number of rotatable bonds is 3. The fourth-order valence-electron chi connectivity index (χ4n) is 10.5. The molecule has 2 aliphatic heterocycles. The Labute approximate surface area is 311 Å². The molecule has 52 heavy (non-hydrogen) atoms. The van der Waals surface area contributed by atoms with E-state index in [2.05, 4.69) is 147 Å². The Morgan fingerprint density at radius 2 is 1.40 bits per heavy atom. The summed E-state index contributed by atoms with van der Waals surface area (Å²) in [7, 11) is 0. The number of nitrogens with one attached hydrogen (secondary N) is 1. The SMILES string of the molecule is CC1(C)c2ccccc2-c2cc3c(cc21)-c1c(-c2ccc(C4=NC(c5ccccc5)C5=C(N4)SC4CC=CC=C54)cc2)cccc1C31CCCCC1. The molecule has 1 saturated carbocycles. The Kier molecular flexibility index (Phi) is 6.69. The lowest BCUT2D eigenvalue weighted by atomic mass is 9.67. The van der Waals surface area contributed by atoms with Crippen LogP contribution in [-0.2, 0) is 10.8 Å². The number of allylic oxidation sites excluding steroid dienone is 3. The van der Waals surface area contributed by atoms with Crippen molar-refractivity contribution >= 4 is 17.6 Å². The molecule has 1 N–H and O–H groups in total. The zero-order chi connectivity index (χ0) is 34.6.